The molecule has 4 rings (SSSR count). The molecule has 148 valence electrons. The molecule has 0 aromatic heterocycles. The van der Waals surface area contributed by atoms with E-state index < -0.39 is 0 Å². The second-order valence-electron chi connectivity index (χ2n) is 6.23. The first-order valence-corrected chi connectivity index (χ1v) is 9.92. The van der Waals surface area contributed by atoms with Gasteiger partial charge in [0.1, 0.15) is 12.4 Å². The molecule has 0 bridgehead atoms. The van der Waals surface area contributed by atoms with Crippen molar-refractivity contribution >= 4 is 40.6 Å². The van der Waals surface area contributed by atoms with Crippen molar-refractivity contribution in [2.75, 3.05) is 13.4 Å². The molecule has 0 atom stereocenters. The lowest BCUT2D eigenvalue weighted by atomic mass is 10.1. The van der Waals surface area contributed by atoms with Crippen LogP contribution in [0.2, 0.25) is 5.02 Å². The Morgan fingerprint density at radius 1 is 1.17 bits per heavy atom. The van der Waals surface area contributed by atoms with Crippen LogP contribution in [0.5, 0.6) is 17.2 Å². The maximum atomic E-state index is 12.8. The number of fused-ring (bicyclic) bond motifs is 1. The monoisotopic (exact) mass is 429 g/mol. The molecule has 2 aliphatic heterocycles. The number of imide groups is 1. The number of amides is 2. The summed E-state index contributed by atoms with van der Waals surface area (Å²) in [5.41, 5.74) is 1.41. The number of thioether (sulfide) groups is 1. The molecule has 0 N–H and O–H groups in total. The molecule has 0 aliphatic carbocycles. The van der Waals surface area contributed by atoms with Crippen molar-refractivity contribution in [2.45, 2.75) is 6.54 Å². The van der Waals surface area contributed by atoms with Gasteiger partial charge in [0.15, 0.2) is 11.5 Å². The Bertz CT molecular complexity index is 1020. The van der Waals surface area contributed by atoms with Crippen LogP contribution in [0.1, 0.15) is 11.1 Å². The lowest BCUT2D eigenvalue weighted by Gasteiger charge is -2.14. The van der Waals surface area contributed by atoms with Gasteiger partial charge in [0.25, 0.3) is 11.1 Å². The van der Waals surface area contributed by atoms with Gasteiger partial charge in [0.2, 0.25) is 6.79 Å². The quantitative estimate of drug-likeness (QED) is 0.482. The van der Waals surface area contributed by atoms with Crippen LogP contribution in [-0.4, -0.2) is 29.4 Å². The van der Waals surface area contributed by atoms with Gasteiger partial charge in [-0.25, -0.2) is 0 Å². The van der Waals surface area contributed by atoms with E-state index in [0.717, 1.165) is 17.3 Å². The largest absolute Gasteiger partial charge is 0.490 e. The van der Waals surface area contributed by atoms with Crippen molar-refractivity contribution in [2.24, 2.45) is 0 Å². The van der Waals surface area contributed by atoms with Gasteiger partial charge < -0.3 is 14.2 Å². The summed E-state index contributed by atoms with van der Waals surface area (Å²) in [4.78, 5) is 26.7. The summed E-state index contributed by atoms with van der Waals surface area (Å²) >= 11 is 7.17. The average Bonchev–Trinajstić information content (AvgIpc) is 3.26. The van der Waals surface area contributed by atoms with Crippen molar-refractivity contribution in [3.8, 4) is 17.2 Å². The number of hydrogen-bond donors (Lipinski definition) is 0. The summed E-state index contributed by atoms with van der Waals surface area (Å²) in [6.45, 7) is 4.20. The van der Waals surface area contributed by atoms with E-state index in [2.05, 4.69) is 6.58 Å². The Kier molecular flexibility index (Phi) is 5.51. The highest BCUT2D eigenvalue weighted by Gasteiger charge is 2.35. The fourth-order valence-corrected chi connectivity index (χ4v) is 3.91. The van der Waals surface area contributed by atoms with Crippen LogP contribution in [0.4, 0.5) is 4.79 Å². The summed E-state index contributed by atoms with van der Waals surface area (Å²) in [6, 6.07) is 10.6. The van der Waals surface area contributed by atoms with E-state index in [9.17, 15) is 9.59 Å². The maximum Gasteiger partial charge on any atom is 0.293 e. The van der Waals surface area contributed by atoms with Gasteiger partial charge in [-0.15, -0.1) is 0 Å². The number of benzene rings is 2. The molecule has 2 aromatic carbocycles. The van der Waals surface area contributed by atoms with Crippen molar-refractivity contribution in [3.63, 3.8) is 0 Å². The van der Waals surface area contributed by atoms with E-state index >= 15 is 0 Å². The normalized spacial score (nSPS) is 16.6. The molecule has 0 unspecified atom stereocenters. The smallest absolute Gasteiger partial charge is 0.293 e. The van der Waals surface area contributed by atoms with Gasteiger partial charge in [0, 0.05) is 11.1 Å². The van der Waals surface area contributed by atoms with Crippen LogP contribution in [0, 0.1) is 0 Å². The number of ether oxygens (including phenoxy) is 3. The zero-order chi connectivity index (χ0) is 20.4. The number of rotatable bonds is 6. The minimum atomic E-state index is -0.360. The first-order valence-electron chi connectivity index (χ1n) is 8.72. The number of carbonyl (C=O) groups excluding carboxylic acids is 2. The van der Waals surface area contributed by atoms with E-state index in [0.29, 0.717) is 39.3 Å². The summed E-state index contributed by atoms with van der Waals surface area (Å²) in [6.07, 6.45) is 3.35. The summed E-state index contributed by atoms with van der Waals surface area (Å²) in [5, 5.41) is 0.0633. The Morgan fingerprint density at radius 3 is 2.62 bits per heavy atom. The molecule has 0 saturated carbocycles. The van der Waals surface area contributed by atoms with E-state index in [1.165, 1.54) is 4.90 Å². The van der Waals surface area contributed by atoms with Crippen LogP contribution in [0.15, 0.2) is 54.0 Å². The third kappa shape index (κ3) is 4.11. The SMILES string of the molecule is C=CCOc1ccc(/C=C2\SC(=O)N(Cc3cc4c(cc3Cl)OCO4)C2=O)cc1. The molecule has 2 aliphatic rings. The molecular formula is C21H16ClNO5S. The predicted molar refractivity (Wildman–Crippen MR) is 111 cm³/mol. The zero-order valence-corrected chi connectivity index (χ0v) is 16.8. The molecule has 6 nitrogen and oxygen atoms in total. The second-order valence-corrected chi connectivity index (χ2v) is 7.63. The van der Waals surface area contributed by atoms with Crippen LogP contribution < -0.4 is 14.2 Å². The minimum absolute atomic E-state index is 0.0613. The van der Waals surface area contributed by atoms with E-state index in [-0.39, 0.29) is 24.5 Å². The lowest BCUT2D eigenvalue weighted by Crippen LogP contribution is -2.27. The average molecular weight is 430 g/mol. The van der Waals surface area contributed by atoms with Crippen LogP contribution in [-0.2, 0) is 11.3 Å². The Labute approximate surface area is 176 Å². The highest BCUT2D eigenvalue weighted by Crippen LogP contribution is 2.39. The van der Waals surface area contributed by atoms with Gasteiger partial charge in [-0.2, -0.15) is 0 Å². The van der Waals surface area contributed by atoms with Gasteiger partial charge in [0.05, 0.1) is 11.4 Å². The van der Waals surface area contributed by atoms with Crippen molar-refractivity contribution in [3.05, 3.63) is 70.1 Å². The van der Waals surface area contributed by atoms with Crippen molar-refractivity contribution in [1.82, 2.24) is 4.90 Å². The highest BCUT2D eigenvalue weighted by atomic mass is 35.5. The lowest BCUT2D eigenvalue weighted by molar-refractivity contribution is -0.123. The fraction of sp³-hybridized carbons (Fsp3) is 0.143. The topological polar surface area (TPSA) is 65.1 Å². The zero-order valence-electron chi connectivity index (χ0n) is 15.2. The molecule has 29 heavy (non-hydrogen) atoms. The number of nitrogens with zero attached hydrogens (tertiary/aromatic N) is 1. The molecule has 8 heteroatoms. The van der Waals surface area contributed by atoms with E-state index in [4.69, 9.17) is 25.8 Å². The number of carbonyl (C=O) groups is 2. The van der Waals surface area contributed by atoms with Crippen LogP contribution >= 0.6 is 23.4 Å². The Hall–Kier alpha value is -2.90. The fourth-order valence-electron chi connectivity index (χ4n) is 2.85. The Balaban J connectivity index is 1.50. The third-order valence-corrected chi connectivity index (χ3v) is 5.55. The van der Waals surface area contributed by atoms with Crippen LogP contribution in [0.25, 0.3) is 6.08 Å². The van der Waals surface area contributed by atoms with Crippen molar-refractivity contribution < 1.29 is 23.8 Å². The summed E-state index contributed by atoms with van der Waals surface area (Å²) in [7, 11) is 0. The van der Waals surface area contributed by atoms with E-state index in [1.807, 2.05) is 12.1 Å². The van der Waals surface area contributed by atoms with Gasteiger partial charge >= 0.3 is 0 Å². The summed E-state index contributed by atoms with van der Waals surface area (Å²) in [5.74, 6) is 1.44. The molecule has 2 aromatic rings. The number of hydrogen-bond acceptors (Lipinski definition) is 6. The predicted octanol–water partition coefficient (Wildman–Crippen LogP) is 4.87. The summed E-state index contributed by atoms with van der Waals surface area (Å²) < 4.78 is 16.1. The molecular weight excluding hydrogens is 414 g/mol. The third-order valence-electron chi connectivity index (χ3n) is 4.29. The van der Waals surface area contributed by atoms with Gasteiger partial charge in [-0.05, 0) is 47.2 Å². The highest BCUT2D eigenvalue weighted by molar-refractivity contribution is 8.18. The molecule has 2 heterocycles. The van der Waals surface area contributed by atoms with E-state index in [1.54, 1.807) is 36.4 Å². The maximum absolute atomic E-state index is 12.8. The van der Waals surface area contributed by atoms with Crippen molar-refractivity contribution in [1.29, 1.82) is 0 Å². The molecule has 1 saturated heterocycles. The molecule has 1 fully saturated rings. The molecule has 2 amide bonds. The minimum Gasteiger partial charge on any atom is -0.490 e. The second kappa shape index (κ2) is 8.23. The van der Waals surface area contributed by atoms with Gasteiger partial charge in [-0.1, -0.05) is 36.4 Å². The van der Waals surface area contributed by atoms with Gasteiger partial charge in [-0.3, -0.25) is 14.5 Å². The number of halogens is 1. The molecule has 0 spiro atoms. The standard InChI is InChI=1S/C21H16ClNO5S/c1-2-7-26-15-5-3-13(4-6-15)8-19-20(24)23(21(25)29-19)11-14-9-17-18(10-16(14)22)28-12-27-17/h2-6,8-10H,1,7,11-12H2/b19-8-. The Morgan fingerprint density at radius 2 is 1.90 bits per heavy atom. The molecule has 0 radical (unpaired) electrons. The first kappa shape index (κ1) is 19.4. The van der Waals surface area contributed by atoms with Crippen LogP contribution in [0.3, 0.4) is 0 Å². The first-order chi connectivity index (χ1) is 14.0.